The van der Waals surface area contributed by atoms with Gasteiger partial charge in [0.1, 0.15) is 10.4 Å². The molecule has 3 rings (SSSR count). The second-order valence-electron chi connectivity index (χ2n) is 4.27. The largest absolute Gasteiger partial charge is 0.505 e. The van der Waals surface area contributed by atoms with Crippen LogP contribution in [0.3, 0.4) is 0 Å². The van der Waals surface area contributed by atoms with Gasteiger partial charge in [-0.2, -0.15) is 0 Å². The second kappa shape index (κ2) is 5.09. The fourth-order valence-electron chi connectivity index (χ4n) is 1.96. The molecule has 0 amide bonds. The van der Waals surface area contributed by atoms with Gasteiger partial charge >= 0.3 is 5.97 Å². The summed E-state index contributed by atoms with van der Waals surface area (Å²) in [6.45, 7) is 0. The summed E-state index contributed by atoms with van der Waals surface area (Å²) in [5.74, 6) is -2.01. The molecule has 7 heteroatoms. The van der Waals surface area contributed by atoms with E-state index in [4.69, 9.17) is 5.11 Å². The van der Waals surface area contributed by atoms with Crippen molar-refractivity contribution in [1.82, 2.24) is 4.98 Å². The molecule has 3 aromatic rings. The zero-order valence-electron chi connectivity index (χ0n) is 10.3. The van der Waals surface area contributed by atoms with Crippen LogP contribution in [0.15, 0.2) is 34.9 Å². The lowest BCUT2D eigenvalue weighted by atomic mass is 10.1. The molecule has 0 spiro atoms. The molecule has 106 valence electrons. The molecule has 0 unspecified atom stereocenters. The summed E-state index contributed by atoms with van der Waals surface area (Å²) in [5.41, 5.74) is 0.374. The number of thiophene rings is 1. The number of benzene rings is 1. The number of aromatic carboxylic acids is 1. The standard InChI is InChI=1S/C14H7BrFNO3S/c15-13-12-8(11(18)10(17-13)14(19)20)5-9(21-12)6-1-3-7(16)4-2-6/h1-5,18H,(H,19,20). The van der Waals surface area contributed by atoms with Crippen LogP contribution in [0.1, 0.15) is 10.5 Å². The van der Waals surface area contributed by atoms with Crippen LogP contribution in [0.25, 0.3) is 20.5 Å². The molecule has 0 fully saturated rings. The molecule has 21 heavy (non-hydrogen) atoms. The summed E-state index contributed by atoms with van der Waals surface area (Å²) in [5, 5.41) is 19.5. The fraction of sp³-hybridized carbons (Fsp3) is 0. The average Bonchev–Trinajstić information content (AvgIpc) is 2.89. The first-order valence-electron chi connectivity index (χ1n) is 5.78. The van der Waals surface area contributed by atoms with E-state index in [0.29, 0.717) is 14.7 Å². The number of carboxylic acid groups (broad SMARTS) is 1. The second-order valence-corrected chi connectivity index (χ2v) is 6.07. The van der Waals surface area contributed by atoms with Gasteiger partial charge in [0.05, 0.1) is 4.70 Å². The zero-order valence-corrected chi connectivity index (χ0v) is 12.7. The lowest BCUT2D eigenvalue weighted by molar-refractivity contribution is 0.0687. The van der Waals surface area contributed by atoms with E-state index < -0.39 is 11.7 Å². The fourth-order valence-corrected chi connectivity index (χ4v) is 3.63. The molecule has 0 aliphatic rings. The quantitative estimate of drug-likeness (QED) is 0.663. The number of hydrogen-bond acceptors (Lipinski definition) is 4. The van der Waals surface area contributed by atoms with Gasteiger partial charge in [-0.15, -0.1) is 11.3 Å². The van der Waals surface area contributed by atoms with E-state index in [1.54, 1.807) is 18.2 Å². The zero-order chi connectivity index (χ0) is 15.1. The highest BCUT2D eigenvalue weighted by Crippen LogP contribution is 2.41. The van der Waals surface area contributed by atoms with Gasteiger partial charge in [-0.05, 0) is 39.7 Å². The molecule has 2 heterocycles. The Morgan fingerprint density at radius 3 is 2.57 bits per heavy atom. The Balaban J connectivity index is 2.24. The Kier molecular flexibility index (Phi) is 3.38. The van der Waals surface area contributed by atoms with Gasteiger partial charge in [0.25, 0.3) is 0 Å². The summed E-state index contributed by atoms with van der Waals surface area (Å²) in [6.07, 6.45) is 0. The molecular formula is C14H7BrFNO3S. The summed E-state index contributed by atoms with van der Waals surface area (Å²) < 4.78 is 13.9. The van der Waals surface area contributed by atoms with Gasteiger partial charge < -0.3 is 10.2 Å². The van der Waals surface area contributed by atoms with Crippen molar-refractivity contribution in [2.24, 2.45) is 0 Å². The Morgan fingerprint density at radius 1 is 1.29 bits per heavy atom. The van der Waals surface area contributed by atoms with Crippen molar-refractivity contribution >= 4 is 43.3 Å². The van der Waals surface area contributed by atoms with Crippen LogP contribution >= 0.6 is 27.3 Å². The molecule has 0 saturated heterocycles. The lowest BCUT2D eigenvalue weighted by Crippen LogP contribution is -2.00. The van der Waals surface area contributed by atoms with Crippen LogP contribution in [0.5, 0.6) is 5.75 Å². The number of carboxylic acids is 1. The maximum Gasteiger partial charge on any atom is 0.358 e. The number of aromatic hydroxyl groups is 1. The van der Waals surface area contributed by atoms with Crippen molar-refractivity contribution in [1.29, 1.82) is 0 Å². The van der Waals surface area contributed by atoms with Crippen LogP contribution < -0.4 is 0 Å². The summed E-state index contributed by atoms with van der Waals surface area (Å²) in [6, 6.07) is 7.60. The van der Waals surface area contributed by atoms with Gasteiger partial charge in [0.2, 0.25) is 0 Å². The Bertz CT molecular complexity index is 861. The number of nitrogens with zero attached hydrogens (tertiary/aromatic N) is 1. The normalized spacial score (nSPS) is 11.0. The minimum Gasteiger partial charge on any atom is -0.505 e. The molecular weight excluding hydrogens is 361 g/mol. The third-order valence-electron chi connectivity index (χ3n) is 2.94. The van der Waals surface area contributed by atoms with Gasteiger partial charge in [0, 0.05) is 10.3 Å². The summed E-state index contributed by atoms with van der Waals surface area (Å²) >= 11 is 4.55. The van der Waals surface area contributed by atoms with E-state index in [-0.39, 0.29) is 11.6 Å². The topological polar surface area (TPSA) is 70.4 Å². The number of hydrogen-bond donors (Lipinski definition) is 2. The van der Waals surface area contributed by atoms with Crippen LogP contribution in [0.2, 0.25) is 0 Å². The smallest absolute Gasteiger partial charge is 0.358 e. The number of aromatic nitrogens is 1. The number of fused-ring (bicyclic) bond motifs is 1. The van der Waals surface area contributed by atoms with Crippen LogP contribution in [-0.4, -0.2) is 21.2 Å². The van der Waals surface area contributed by atoms with Crippen molar-refractivity contribution in [3.05, 3.63) is 46.4 Å². The minimum atomic E-state index is -1.30. The monoisotopic (exact) mass is 367 g/mol. The molecule has 1 aromatic carbocycles. The SMILES string of the molecule is O=C(O)c1nc(Br)c2sc(-c3ccc(F)cc3)cc2c1O. The predicted octanol–water partition coefficient (Wildman–Crippen LogP) is 4.27. The third-order valence-corrected chi connectivity index (χ3v) is 4.97. The van der Waals surface area contributed by atoms with E-state index >= 15 is 0 Å². The highest BCUT2D eigenvalue weighted by atomic mass is 79.9. The van der Waals surface area contributed by atoms with Crippen molar-refractivity contribution in [2.75, 3.05) is 0 Å². The molecule has 0 saturated carbocycles. The van der Waals surface area contributed by atoms with Gasteiger partial charge in [-0.3, -0.25) is 0 Å². The van der Waals surface area contributed by atoms with Gasteiger partial charge in [-0.1, -0.05) is 12.1 Å². The molecule has 0 atom stereocenters. The number of carbonyl (C=O) groups is 1. The van der Waals surface area contributed by atoms with Gasteiger partial charge in [0.15, 0.2) is 11.4 Å². The Labute approximate surface area is 130 Å². The maximum absolute atomic E-state index is 13.0. The molecule has 0 radical (unpaired) electrons. The number of halogens is 2. The average molecular weight is 368 g/mol. The van der Waals surface area contributed by atoms with E-state index in [1.165, 1.54) is 23.5 Å². The maximum atomic E-state index is 13.0. The molecule has 2 aromatic heterocycles. The Hall–Kier alpha value is -1.99. The number of pyridine rings is 1. The van der Waals surface area contributed by atoms with Crippen LogP contribution in [0.4, 0.5) is 4.39 Å². The minimum absolute atomic E-state index is 0.335. The Morgan fingerprint density at radius 2 is 1.95 bits per heavy atom. The van der Waals surface area contributed by atoms with Crippen LogP contribution in [-0.2, 0) is 0 Å². The van der Waals surface area contributed by atoms with E-state index in [0.717, 1.165) is 10.4 Å². The van der Waals surface area contributed by atoms with E-state index in [2.05, 4.69) is 20.9 Å². The highest BCUT2D eigenvalue weighted by Gasteiger charge is 2.20. The van der Waals surface area contributed by atoms with Gasteiger partial charge in [-0.25, -0.2) is 14.2 Å². The molecule has 0 aliphatic carbocycles. The van der Waals surface area contributed by atoms with Crippen molar-refractivity contribution in [2.45, 2.75) is 0 Å². The summed E-state index contributed by atoms with van der Waals surface area (Å²) in [4.78, 5) is 15.7. The van der Waals surface area contributed by atoms with Crippen molar-refractivity contribution < 1.29 is 19.4 Å². The first-order valence-corrected chi connectivity index (χ1v) is 7.39. The highest BCUT2D eigenvalue weighted by molar-refractivity contribution is 9.10. The molecule has 0 bridgehead atoms. The van der Waals surface area contributed by atoms with Crippen LogP contribution in [0, 0.1) is 5.82 Å². The first-order chi connectivity index (χ1) is 9.97. The molecule has 2 N–H and O–H groups in total. The van der Waals surface area contributed by atoms with Crippen molar-refractivity contribution in [3.63, 3.8) is 0 Å². The van der Waals surface area contributed by atoms with E-state index in [1.807, 2.05) is 0 Å². The molecule has 4 nitrogen and oxygen atoms in total. The summed E-state index contributed by atoms with van der Waals surface area (Å²) in [7, 11) is 0. The third kappa shape index (κ3) is 2.38. The first kappa shape index (κ1) is 14.0. The predicted molar refractivity (Wildman–Crippen MR) is 81.3 cm³/mol. The van der Waals surface area contributed by atoms with E-state index in [9.17, 15) is 14.3 Å². The number of rotatable bonds is 2. The molecule has 0 aliphatic heterocycles. The lowest BCUT2D eigenvalue weighted by Gasteiger charge is -2.01. The van der Waals surface area contributed by atoms with Crippen molar-refractivity contribution in [3.8, 4) is 16.2 Å².